The maximum Gasteiger partial charge on any atom is 0.463 e. The van der Waals surface area contributed by atoms with Gasteiger partial charge in [-0.25, -0.2) is 0 Å². The van der Waals surface area contributed by atoms with Crippen molar-refractivity contribution in [1.29, 1.82) is 0 Å². The first-order valence-electron chi connectivity index (χ1n) is 9.47. The SMILES string of the molecule is CCCCn1cc[n+](C)c1OC(=O)CC(=O)Oc1n(CCCC)cc[n+]1C. The maximum absolute atomic E-state index is 12.2. The molecule has 0 aromatic carbocycles. The lowest BCUT2D eigenvalue weighted by Gasteiger charge is -2.04. The quantitative estimate of drug-likeness (QED) is 0.356. The number of hydrogen-bond donors (Lipinski definition) is 0. The molecule has 0 aliphatic rings. The van der Waals surface area contributed by atoms with Gasteiger partial charge in [0.15, 0.2) is 0 Å². The normalized spacial score (nSPS) is 10.8. The number of carbonyl (C=O) groups excluding carboxylic acids is 2. The van der Waals surface area contributed by atoms with Crippen molar-refractivity contribution < 1.29 is 28.2 Å². The molecular weight excluding hydrogens is 348 g/mol. The summed E-state index contributed by atoms with van der Waals surface area (Å²) in [6.07, 6.45) is 10.9. The van der Waals surface area contributed by atoms with Crippen LogP contribution in [0.15, 0.2) is 24.8 Å². The number of unbranched alkanes of at least 4 members (excludes halogenated alkanes) is 2. The summed E-state index contributed by atoms with van der Waals surface area (Å²) in [6.45, 7) is 5.71. The first kappa shape index (κ1) is 20.7. The molecule has 0 aliphatic carbocycles. The van der Waals surface area contributed by atoms with E-state index in [-0.39, 0.29) is 0 Å². The van der Waals surface area contributed by atoms with Crippen LogP contribution in [0, 0.1) is 0 Å². The lowest BCUT2D eigenvalue weighted by Crippen LogP contribution is -2.33. The summed E-state index contributed by atoms with van der Waals surface area (Å²) in [5.41, 5.74) is 0. The fraction of sp³-hybridized carbons (Fsp3) is 0.579. The van der Waals surface area contributed by atoms with Gasteiger partial charge in [-0.15, -0.1) is 0 Å². The molecule has 0 atom stereocenters. The van der Waals surface area contributed by atoms with Gasteiger partial charge in [-0.2, -0.15) is 18.3 Å². The molecule has 148 valence electrons. The van der Waals surface area contributed by atoms with Crippen LogP contribution in [-0.2, 0) is 36.8 Å². The smallest absolute Gasteiger partial charge is 0.356 e. The molecule has 2 heterocycles. The highest BCUT2D eigenvalue weighted by atomic mass is 16.6. The molecule has 8 nitrogen and oxygen atoms in total. The molecule has 0 bridgehead atoms. The number of rotatable bonds is 10. The van der Waals surface area contributed by atoms with Gasteiger partial charge < -0.3 is 9.47 Å². The zero-order valence-corrected chi connectivity index (χ0v) is 16.7. The van der Waals surface area contributed by atoms with Crippen LogP contribution in [0.25, 0.3) is 0 Å². The Kier molecular flexibility index (Phi) is 7.57. The monoisotopic (exact) mass is 378 g/mol. The third-order valence-corrected chi connectivity index (χ3v) is 4.24. The molecule has 0 saturated carbocycles. The molecule has 2 rings (SSSR count). The summed E-state index contributed by atoms with van der Waals surface area (Å²) in [7, 11) is 3.59. The van der Waals surface area contributed by atoms with Crippen LogP contribution in [0.1, 0.15) is 46.0 Å². The standard InChI is InChI=1S/C19H30N4O4/c1-5-7-9-22-13-11-20(3)18(22)26-16(24)15-17(25)27-19-21(4)12-14-23(19)10-8-6-2/h11-14H,5-10,15H2,1-4H3/q+2. The predicted octanol–water partition coefficient (Wildman–Crippen LogP) is 1.44. The summed E-state index contributed by atoms with van der Waals surface area (Å²) in [4.78, 5) is 24.4. The summed E-state index contributed by atoms with van der Waals surface area (Å²) < 4.78 is 18.0. The van der Waals surface area contributed by atoms with E-state index in [0.29, 0.717) is 12.0 Å². The predicted molar refractivity (Wildman–Crippen MR) is 96.9 cm³/mol. The third kappa shape index (κ3) is 5.67. The van der Waals surface area contributed by atoms with Gasteiger partial charge in [0.1, 0.15) is 31.2 Å². The Bertz CT molecular complexity index is 715. The van der Waals surface area contributed by atoms with Crippen LogP contribution in [0.3, 0.4) is 0 Å². The molecule has 0 amide bonds. The van der Waals surface area contributed by atoms with E-state index in [1.54, 1.807) is 23.2 Å². The first-order valence-corrected chi connectivity index (χ1v) is 9.47. The van der Waals surface area contributed by atoms with Gasteiger partial charge in [0.05, 0.1) is 27.2 Å². The highest BCUT2D eigenvalue weighted by Gasteiger charge is 2.25. The van der Waals surface area contributed by atoms with Gasteiger partial charge in [-0.1, -0.05) is 26.7 Å². The second kappa shape index (κ2) is 9.89. The zero-order valence-electron chi connectivity index (χ0n) is 16.7. The zero-order chi connectivity index (χ0) is 19.8. The van der Waals surface area contributed by atoms with E-state index in [2.05, 4.69) is 13.8 Å². The average Bonchev–Trinajstić information content (AvgIpc) is 3.15. The van der Waals surface area contributed by atoms with E-state index in [0.717, 1.165) is 38.8 Å². The molecule has 0 N–H and O–H groups in total. The van der Waals surface area contributed by atoms with E-state index >= 15 is 0 Å². The first-order chi connectivity index (χ1) is 13.0. The second-order valence-corrected chi connectivity index (χ2v) is 6.60. The summed E-state index contributed by atoms with van der Waals surface area (Å²) in [6, 6.07) is 0.830. The van der Waals surface area contributed by atoms with Crippen LogP contribution in [0.5, 0.6) is 12.0 Å². The molecule has 0 aliphatic heterocycles. The Morgan fingerprint density at radius 3 is 1.63 bits per heavy atom. The van der Waals surface area contributed by atoms with Crippen LogP contribution < -0.4 is 18.6 Å². The number of nitrogens with zero attached hydrogens (tertiary/aromatic N) is 4. The van der Waals surface area contributed by atoms with Crippen molar-refractivity contribution in [3.8, 4) is 12.0 Å². The maximum atomic E-state index is 12.2. The van der Waals surface area contributed by atoms with Gasteiger partial charge in [-0.3, -0.25) is 9.59 Å². The molecule has 0 unspecified atom stereocenters. The van der Waals surface area contributed by atoms with E-state index < -0.39 is 18.4 Å². The number of carbonyl (C=O) groups is 2. The van der Waals surface area contributed by atoms with Crippen molar-refractivity contribution in [3.63, 3.8) is 0 Å². The number of aromatic nitrogens is 4. The minimum absolute atomic E-state index is 0.415. The molecule has 0 radical (unpaired) electrons. The minimum Gasteiger partial charge on any atom is -0.356 e. The van der Waals surface area contributed by atoms with Crippen LogP contribution in [0.4, 0.5) is 0 Å². The van der Waals surface area contributed by atoms with Gasteiger partial charge >= 0.3 is 24.0 Å². The van der Waals surface area contributed by atoms with E-state index in [1.165, 1.54) is 0 Å². The molecule has 0 fully saturated rings. The van der Waals surface area contributed by atoms with Crippen LogP contribution in [-0.4, -0.2) is 21.1 Å². The highest BCUT2D eigenvalue weighted by molar-refractivity contribution is 5.92. The van der Waals surface area contributed by atoms with Gasteiger partial charge in [0, 0.05) is 0 Å². The Morgan fingerprint density at radius 2 is 1.26 bits per heavy atom. The third-order valence-electron chi connectivity index (χ3n) is 4.24. The van der Waals surface area contributed by atoms with Crippen molar-refractivity contribution in [2.24, 2.45) is 14.1 Å². The molecule has 2 aromatic rings. The van der Waals surface area contributed by atoms with Crippen molar-refractivity contribution in [1.82, 2.24) is 9.13 Å². The number of aryl methyl sites for hydroxylation is 4. The molecule has 8 heteroatoms. The Morgan fingerprint density at radius 1 is 0.852 bits per heavy atom. The topological polar surface area (TPSA) is 70.2 Å². The number of ether oxygens (including phenoxy) is 2. The molecular formula is C19H30N4O4+2. The summed E-state index contributed by atoms with van der Waals surface area (Å²) in [5, 5.41) is 0. The highest BCUT2D eigenvalue weighted by Crippen LogP contribution is 2.10. The van der Waals surface area contributed by atoms with E-state index in [4.69, 9.17) is 9.47 Å². The average molecular weight is 378 g/mol. The fourth-order valence-electron chi connectivity index (χ4n) is 2.67. The lowest BCUT2D eigenvalue weighted by atomic mass is 10.3. The van der Waals surface area contributed by atoms with E-state index in [9.17, 15) is 9.59 Å². The fourth-order valence-corrected chi connectivity index (χ4v) is 2.67. The van der Waals surface area contributed by atoms with Gasteiger partial charge in [-0.05, 0) is 12.8 Å². The van der Waals surface area contributed by atoms with Gasteiger partial charge in [0.2, 0.25) is 0 Å². The number of esters is 2. The van der Waals surface area contributed by atoms with Crippen molar-refractivity contribution in [2.75, 3.05) is 0 Å². The van der Waals surface area contributed by atoms with Crippen molar-refractivity contribution in [3.05, 3.63) is 24.8 Å². The van der Waals surface area contributed by atoms with E-state index in [1.807, 2.05) is 33.9 Å². The summed E-state index contributed by atoms with van der Waals surface area (Å²) in [5.74, 6) is -1.28. The van der Waals surface area contributed by atoms with Crippen LogP contribution >= 0.6 is 0 Å². The van der Waals surface area contributed by atoms with Gasteiger partial charge in [0.25, 0.3) is 0 Å². The molecule has 0 saturated heterocycles. The molecule has 2 aromatic heterocycles. The molecule has 0 spiro atoms. The van der Waals surface area contributed by atoms with Crippen molar-refractivity contribution >= 4 is 11.9 Å². The number of imidazole rings is 2. The number of hydrogen-bond acceptors (Lipinski definition) is 4. The second-order valence-electron chi connectivity index (χ2n) is 6.60. The Hall–Kier alpha value is -2.64. The summed E-state index contributed by atoms with van der Waals surface area (Å²) >= 11 is 0. The lowest BCUT2D eigenvalue weighted by molar-refractivity contribution is -0.675. The van der Waals surface area contributed by atoms with Crippen LogP contribution in [0.2, 0.25) is 0 Å². The largest absolute Gasteiger partial charge is 0.463 e. The van der Waals surface area contributed by atoms with Crippen molar-refractivity contribution in [2.45, 2.75) is 59.0 Å². The molecule has 27 heavy (non-hydrogen) atoms. The Balaban J connectivity index is 1.96. The minimum atomic E-state index is -0.638. The Labute approximate surface area is 159 Å².